The fourth-order valence-electron chi connectivity index (χ4n) is 1.92. The van der Waals surface area contributed by atoms with Crippen LogP contribution in [-0.2, 0) is 13.5 Å². The highest BCUT2D eigenvalue weighted by Gasteiger charge is 2.14. The van der Waals surface area contributed by atoms with Crippen LogP contribution in [0.3, 0.4) is 0 Å². The highest BCUT2D eigenvalue weighted by atomic mass is 15.5. The molecule has 1 aromatic heterocycles. The summed E-state index contributed by atoms with van der Waals surface area (Å²) in [5, 5.41) is 15.1. The molecule has 0 spiro atoms. The van der Waals surface area contributed by atoms with Crippen molar-refractivity contribution in [1.29, 1.82) is 0 Å². The Morgan fingerprint density at radius 3 is 2.67 bits per heavy atom. The fraction of sp³-hybridized carbons (Fsp3) is 0.462. The van der Waals surface area contributed by atoms with Gasteiger partial charge in [-0.3, -0.25) is 0 Å². The topological polar surface area (TPSA) is 55.6 Å². The molecule has 5 nitrogen and oxygen atoms in total. The highest BCUT2D eigenvalue weighted by molar-refractivity contribution is 5.19. The van der Waals surface area contributed by atoms with E-state index >= 15 is 0 Å². The van der Waals surface area contributed by atoms with Gasteiger partial charge in [-0.2, -0.15) is 0 Å². The van der Waals surface area contributed by atoms with Gasteiger partial charge in [-0.1, -0.05) is 37.3 Å². The lowest BCUT2D eigenvalue weighted by atomic mass is 10.0. The second-order valence-electron chi connectivity index (χ2n) is 4.34. The normalized spacial score (nSPS) is 12.6. The molecule has 1 heterocycles. The first-order valence-electron chi connectivity index (χ1n) is 6.30. The van der Waals surface area contributed by atoms with Crippen LogP contribution in [0.15, 0.2) is 30.3 Å². The smallest absolute Gasteiger partial charge is 0.152 e. The van der Waals surface area contributed by atoms with Crippen LogP contribution in [0.25, 0.3) is 0 Å². The molecule has 5 heteroatoms. The molecule has 0 fully saturated rings. The first-order valence-corrected chi connectivity index (χ1v) is 6.30. The van der Waals surface area contributed by atoms with Crippen molar-refractivity contribution in [3.63, 3.8) is 0 Å². The van der Waals surface area contributed by atoms with Crippen molar-refractivity contribution in [3.8, 4) is 0 Å². The molecular formula is C13H19N5. The van der Waals surface area contributed by atoms with E-state index in [2.05, 4.69) is 52.0 Å². The van der Waals surface area contributed by atoms with E-state index in [9.17, 15) is 0 Å². The van der Waals surface area contributed by atoms with E-state index in [0.29, 0.717) is 0 Å². The summed E-state index contributed by atoms with van der Waals surface area (Å²) >= 11 is 0. The Bertz CT molecular complexity index is 465. The van der Waals surface area contributed by atoms with E-state index in [1.54, 1.807) is 4.68 Å². The summed E-state index contributed by atoms with van der Waals surface area (Å²) in [7, 11) is 1.87. The zero-order chi connectivity index (χ0) is 12.8. The fourth-order valence-corrected chi connectivity index (χ4v) is 1.92. The largest absolute Gasteiger partial charge is 0.310 e. The lowest BCUT2D eigenvalue weighted by Crippen LogP contribution is -2.25. The summed E-state index contributed by atoms with van der Waals surface area (Å²) in [6.07, 6.45) is 1.91. The van der Waals surface area contributed by atoms with Crippen LogP contribution < -0.4 is 5.32 Å². The Morgan fingerprint density at radius 2 is 2.06 bits per heavy atom. The van der Waals surface area contributed by atoms with Crippen molar-refractivity contribution < 1.29 is 0 Å². The molecule has 0 saturated heterocycles. The SMILES string of the molecule is CCCNC(Cc1nnnn1C)c1ccccc1. The zero-order valence-corrected chi connectivity index (χ0v) is 10.9. The van der Waals surface area contributed by atoms with E-state index in [1.807, 2.05) is 13.1 Å². The first-order chi connectivity index (χ1) is 8.81. The molecule has 2 aromatic rings. The molecule has 1 unspecified atom stereocenters. The lowest BCUT2D eigenvalue weighted by Gasteiger charge is -2.18. The predicted molar refractivity (Wildman–Crippen MR) is 70.0 cm³/mol. The van der Waals surface area contributed by atoms with Crippen molar-refractivity contribution in [2.24, 2.45) is 7.05 Å². The van der Waals surface area contributed by atoms with Gasteiger partial charge in [-0.25, -0.2) is 4.68 Å². The minimum Gasteiger partial charge on any atom is -0.310 e. The van der Waals surface area contributed by atoms with Crippen LogP contribution in [0.2, 0.25) is 0 Å². The van der Waals surface area contributed by atoms with Gasteiger partial charge in [0.25, 0.3) is 0 Å². The van der Waals surface area contributed by atoms with Crippen molar-refractivity contribution in [3.05, 3.63) is 41.7 Å². The predicted octanol–water partition coefficient (Wildman–Crippen LogP) is 1.49. The second kappa shape index (κ2) is 6.26. The molecule has 1 aromatic carbocycles. The minimum atomic E-state index is 0.260. The molecule has 0 radical (unpaired) electrons. The molecular weight excluding hydrogens is 226 g/mol. The average Bonchev–Trinajstić information content (AvgIpc) is 2.81. The van der Waals surface area contributed by atoms with Crippen molar-refractivity contribution in [1.82, 2.24) is 25.5 Å². The number of aromatic nitrogens is 4. The van der Waals surface area contributed by atoms with Gasteiger partial charge in [0.2, 0.25) is 0 Å². The summed E-state index contributed by atoms with van der Waals surface area (Å²) in [6.45, 7) is 3.16. The van der Waals surface area contributed by atoms with Crippen LogP contribution in [0.5, 0.6) is 0 Å². The first kappa shape index (κ1) is 12.7. The third-order valence-electron chi connectivity index (χ3n) is 2.94. The van der Waals surface area contributed by atoms with Gasteiger partial charge < -0.3 is 5.32 Å². The highest BCUT2D eigenvalue weighted by Crippen LogP contribution is 2.16. The number of rotatable bonds is 6. The molecule has 18 heavy (non-hydrogen) atoms. The zero-order valence-electron chi connectivity index (χ0n) is 10.9. The maximum Gasteiger partial charge on any atom is 0.152 e. The Balaban J connectivity index is 2.13. The van der Waals surface area contributed by atoms with Gasteiger partial charge in [0.05, 0.1) is 0 Å². The van der Waals surface area contributed by atoms with E-state index < -0.39 is 0 Å². The molecule has 96 valence electrons. The van der Waals surface area contributed by atoms with Gasteiger partial charge in [0.15, 0.2) is 5.82 Å². The number of aryl methyl sites for hydroxylation is 1. The molecule has 0 aliphatic carbocycles. The van der Waals surface area contributed by atoms with E-state index in [1.165, 1.54) is 5.56 Å². The molecule has 0 bridgehead atoms. The summed E-state index contributed by atoms with van der Waals surface area (Å²) < 4.78 is 1.73. The lowest BCUT2D eigenvalue weighted by molar-refractivity contribution is 0.506. The van der Waals surface area contributed by atoms with Gasteiger partial charge >= 0.3 is 0 Å². The van der Waals surface area contributed by atoms with Crippen LogP contribution in [-0.4, -0.2) is 26.8 Å². The van der Waals surface area contributed by atoms with Crippen LogP contribution in [0.4, 0.5) is 0 Å². The molecule has 0 aliphatic heterocycles. The Kier molecular flexibility index (Phi) is 4.41. The summed E-state index contributed by atoms with van der Waals surface area (Å²) in [5.41, 5.74) is 1.27. The Labute approximate surface area is 107 Å². The molecule has 0 aliphatic rings. The average molecular weight is 245 g/mol. The Hall–Kier alpha value is -1.75. The minimum absolute atomic E-state index is 0.260. The molecule has 1 N–H and O–H groups in total. The molecule has 0 saturated carbocycles. The third-order valence-corrected chi connectivity index (χ3v) is 2.94. The van der Waals surface area contributed by atoms with Gasteiger partial charge in [0.1, 0.15) is 0 Å². The maximum atomic E-state index is 4.05. The maximum absolute atomic E-state index is 4.05. The molecule has 0 amide bonds. The van der Waals surface area contributed by atoms with Crippen molar-refractivity contribution in [2.45, 2.75) is 25.8 Å². The number of hydrogen-bond acceptors (Lipinski definition) is 4. The van der Waals surface area contributed by atoms with Gasteiger partial charge in [0, 0.05) is 19.5 Å². The number of hydrogen-bond donors (Lipinski definition) is 1. The van der Waals surface area contributed by atoms with Gasteiger partial charge in [-0.15, -0.1) is 5.10 Å². The summed E-state index contributed by atoms with van der Waals surface area (Å²) in [5.74, 6) is 0.896. The molecule has 2 rings (SSSR count). The van der Waals surface area contributed by atoms with Gasteiger partial charge in [-0.05, 0) is 29.0 Å². The quantitative estimate of drug-likeness (QED) is 0.838. The van der Waals surface area contributed by atoms with E-state index in [0.717, 1.165) is 25.2 Å². The number of tetrazole rings is 1. The van der Waals surface area contributed by atoms with Crippen molar-refractivity contribution >= 4 is 0 Å². The number of nitrogens with one attached hydrogen (secondary N) is 1. The van der Waals surface area contributed by atoms with Crippen LogP contribution in [0, 0.1) is 0 Å². The monoisotopic (exact) mass is 245 g/mol. The number of nitrogens with zero attached hydrogens (tertiary/aromatic N) is 4. The van der Waals surface area contributed by atoms with Crippen LogP contribution in [0.1, 0.15) is 30.8 Å². The second-order valence-corrected chi connectivity index (χ2v) is 4.34. The number of benzene rings is 1. The summed E-state index contributed by atoms with van der Waals surface area (Å²) in [4.78, 5) is 0. The van der Waals surface area contributed by atoms with Crippen molar-refractivity contribution in [2.75, 3.05) is 6.54 Å². The van der Waals surface area contributed by atoms with Crippen LogP contribution >= 0.6 is 0 Å². The van der Waals surface area contributed by atoms with E-state index in [-0.39, 0.29) is 6.04 Å². The third kappa shape index (κ3) is 3.13. The Morgan fingerprint density at radius 1 is 1.28 bits per heavy atom. The standard InChI is InChI=1S/C13H19N5/c1-3-9-14-12(11-7-5-4-6-8-11)10-13-15-16-17-18(13)2/h4-8,12,14H,3,9-10H2,1-2H3. The summed E-state index contributed by atoms with van der Waals surface area (Å²) in [6, 6.07) is 10.7. The van der Waals surface area contributed by atoms with E-state index in [4.69, 9.17) is 0 Å². The molecule has 1 atom stereocenters.